The number of ether oxygens (including phenoxy) is 1. The van der Waals surface area contributed by atoms with Crippen molar-refractivity contribution in [2.24, 2.45) is 11.8 Å². The van der Waals surface area contributed by atoms with E-state index in [0.717, 1.165) is 52.9 Å². The van der Waals surface area contributed by atoms with Gasteiger partial charge in [-0.05, 0) is 24.6 Å². The van der Waals surface area contributed by atoms with Gasteiger partial charge in [-0.2, -0.15) is 0 Å². The van der Waals surface area contributed by atoms with Gasteiger partial charge in [0, 0.05) is 17.0 Å². The van der Waals surface area contributed by atoms with Crippen LogP contribution in [0.1, 0.15) is 37.8 Å². The summed E-state index contributed by atoms with van der Waals surface area (Å²) in [5.41, 5.74) is 3.45. The number of benzene rings is 4. The molecule has 0 aliphatic carbocycles. The Hall–Kier alpha value is -3.95. The monoisotopic (exact) mass is 611 g/mol. The van der Waals surface area contributed by atoms with Crippen LogP contribution >= 0.6 is 0 Å². The maximum atomic E-state index is 14.0. The molecule has 0 radical (unpaired) electrons. The lowest BCUT2D eigenvalue weighted by Crippen LogP contribution is -2.65. The van der Waals surface area contributed by atoms with Gasteiger partial charge in [0.1, 0.15) is 23.2 Å². The number of nitrogens with zero attached hydrogens (tertiary/aromatic N) is 1. The lowest BCUT2D eigenvalue weighted by Gasteiger charge is -2.51. The third-order valence-electron chi connectivity index (χ3n) is 8.74. The Labute approximate surface area is 259 Å². The standard InChI is InChI=1S/C29H30NO3.C7H8O3S/c31-28(23-12-6-2-7-13-23)25-20-30(16-18-33-19-17-30)21-26(27(25)22-10-4-1-5-11-22)29(32)24-14-8-3-9-15-24;1-6-2-4-7(5-3-6)11(8,9)10/h1-15,25-27H,16-21H2;2-5H,1H3,(H,8,9,10)/q+1;/p-1. The van der Waals surface area contributed by atoms with Gasteiger partial charge in [0.2, 0.25) is 0 Å². The average Bonchev–Trinajstić information content (AvgIpc) is 3.05. The van der Waals surface area contributed by atoms with E-state index in [-0.39, 0.29) is 34.2 Å². The molecule has 1 spiro atoms. The second-order valence-electron chi connectivity index (χ2n) is 11.6. The van der Waals surface area contributed by atoms with E-state index < -0.39 is 10.1 Å². The Morgan fingerprint density at radius 3 is 1.55 bits per heavy atom. The summed E-state index contributed by atoms with van der Waals surface area (Å²) in [4.78, 5) is 27.7. The van der Waals surface area contributed by atoms with Crippen molar-refractivity contribution in [1.82, 2.24) is 0 Å². The maximum absolute atomic E-state index is 14.0. The van der Waals surface area contributed by atoms with Crippen molar-refractivity contribution in [3.8, 4) is 0 Å². The number of carbonyl (C=O) groups excluding carboxylic acids is 2. The molecule has 2 aliphatic rings. The summed E-state index contributed by atoms with van der Waals surface area (Å²) >= 11 is 0. The van der Waals surface area contributed by atoms with Crippen LogP contribution in [0.3, 0.4) is 0 Å². The van der Waals surface area contributed by atoms with Crippen molar-refractivity contribution in [3.05, 3.63) is 138 Å². The van der Waals surface area contributed by atoms with Crippen LogP contribution in [0.2, 0.25) is 0 Å². The molecule has 2 saturated heterocycles. The number of morpholine rings is 1. The van der Waals surface area contributed by atoms with Crippen molar-refractivity contribution >= 4 is 21.7 Å². The van der Waals surface area contributed by atoms with Gasteiger partial charge in [-0.25, -0.2) is 8.42 Å². The number of aryl methyl sites for hydroxylation is 1. The van der Waals surface area contributed by atoms with E-state index in [9.17, 15) is 22.6 Å². The molecule has 2 fully saturated rings. The summed E-state index contributed by atoms with van der Waals surface area (Å²) in [5.74, 6) is -0.408. The minimum absolute atomic E-state index is 0.138. The topological polar surface area (TPSA) is 101 Å². The zero-order chi connectivity index (χ0) is 31.2. The predicted molar refractivity (Wildman–Crippen MR) is 167 cm³/mol. The van der Waals surface area contributed by atoms with Gasteiger partial charge in [0.05, 0.1) is 43.0 Å². The molecule has 4 aromatic rings. The third-order valence-corrected chi connectivity index (χ3v) is 9.59. The quantitative estimate of drug-likeness (QED) is 0.162. The number of carbonyl (C=O) groups is 2. The van der Waals surface area contributed by atoms with E-state index in [0.29, 0.717) is 13.2 Å². The van der Waals surface area contributed by atoms with Crippen LogP contribution in [0.4, 0.5) is 0 Å². The lowest BCUT2D eigenvalue weighted by molar-refractivity contribution is -0.944. The van der Waals surface area contributed by atoms with Crippen molar-refractivity contribution in [3.63, 3.8) is 0 Å². The Morgan fingerprint density at radius 2 is 1.11 bits per heavy atom. The Bertz CT molecular complexity index is 1590. The molecular formula is C36H37NO6S. The van der Waals surface area contributed by atoms with Gasteiger partial charge in [0.15, 0.2) is 11.6 Å². The molecule has 6 rings (SSSR count). The van der Waals surface area contributed by atoms with Gasteiger partial charge in [-0.1, -0.05) is 109 Å². The van der Waals surface area contributed by atoms with Crippen LogP contribution in [0.5, 0.6) is 0 Å². The molecule has 44 heavy (non-hydrogen) atoms. The van der Waals surface area contributed by atoms with Crippen LogP contribution in [0.25, 0.3) is 0 Å². The zero-order valence-corrected chi connectivity index (χ0v) is 25.6. The normalized spacial score (nSPS) is 21.1. The summed E-state index contributed by atoms with van der Waals surface area (Å²) in [5, 5.41) is 0. The second-order valence-corrected chi connectivity index (χ2v) is 13.0. The van der Waals surface area contributed by atoms with Crippen LogP contribution in [-0.2, 0) is 14.9 Å². The number of Topliss-reactive ketones (excluding diaryl/α,β-unsaturated/α-hetero) is 2. The van der Waals surface area contributed by atoms with E-state index in [2.05, 4.69) is 12.1 Å². The zero-order valence-electron chi connectivity index (χ0n) is 24.7. The van der Waals surface area contributed by atoms with E-state index in [1.165, 1.54) is 12.1 Å². The van der Waals surface area contributed by atoms with Gasteiger partial charge in [-0.3, -0.25) is 9.59 Å². The molecule has 7 nitrogen and oxygen atoms in total. The van der Waals surface area contributed by atoms with Gasteiger partial charge in [0.25, 0.3) is 0 Å². The molecule has 0 amide bonds. The molecular weight excluding hydrogens is 574 g/mol. The van der Waals surface area contributed by atoms with Crippen LogP contribution < -0.4 is 0 Å². The molecule has 0 N–H and O–H groups in total. The van der Waals surface area contributed by atoms with E-state index >= 15 is 0 Å². The largest absolute Gasteiger partial charge is 0.744 e. The fraction of sp³-hybridized carbons (Fsp3) is 0.278. The number of piperidine rings is 1. The number of ketones is 2. The molecule has 0 aromatic heterocycles. The van der Waals surface area contributed by atoms with Crippen LogP contribution in [0, 0.1) is 18.8 Å². The van der Waals surface area contributed by atoms with E-state index in [4.69, 9.17) is 4.74 Å². The maximum Gasteiger partial charge on any atom is 0.172 e. The third kappa shape index (κ3) is 7.39. The highest BCUT2D eigenvalue weighted by atomic mass is 32.2. The number of hydrogen-bond acceptors (Lipinski definition) is 6. The fourth-order valence-electron chi connectivity index (χ4n) is 6.48. The summed E-state index contributed by atoms with van der Waals surface area (Å²) in [7, 11) is -4.27. The van der Waals surface area contributed by atoms with Crippen molar-refractivity contribution < 1.29 is 31.8 Å². The Morgan fingerprint density at radius 1 is 0.682 bits per heavy atom. The first-order valence-electron chi connectivity index (χ1n) is 14.9. The molecule has 2 heterocycles. The molecule has 2 aliphatic heterocycles. The predicted octanol–water partition coefficient (Wildman–Crippen LogP) is 5.53. The molecule has 0 bridgehead atoms. The van der Waals surface area contributed by atoms with Crippen molar-refractivity contribution in [1.29, 1.82) is 0 Å². The SMILES string of the molecule is Cc1ccc(S(=O)(=O)[O-])cc1.O=C(c1ccccc1)C1C[N+]2(CCOCC2)CC(C(=O)c2ccccc2)C1c1ccccc1. The number of rotatable bonds is 6. The van der Waals surface area contributed by atoms with E-state index in [1.54, 1.807) is 12.1 Å². The molecule has 0 saturated carbocycles. The summed E-state index contributed by atoms with van der Waals surface area (Å²) in [6.45, 7) is 6.35. The average molecular weight is 612 g/mol. The number of quaternary nitrogens is 1. The van der Waals surface area contributed by atoms with Gasteiger partial charge in [-0.15, -0.1) is 0 Å². The highest BCUT2D eigenvalue weighted by molar-refractivity contribution is 7.85. The van der Waals surface area contributed by atoms with E-state index in [1.807, 2.05) is 85.8 Å². The summed E-state index contributed by atoms with van der Waals surface area (Å²) in [6, 6.07) is 35.1. The van der Waals surface area contributed by atoms with Crippen LogP contribution in [0.15, 0.2) is 120 Å². The molecule has 8 heteroatoms. The minimum atomic E-state index is -4.27. The van der Waals surface area contributed by atoms with Gasteiger partial charge < -0.3 is 13.8 Å². The first-order valence-corrected chi connectivity index (χ1v) is 16.3. The highest BCUT2D eigenvalue weighted by Gasteiger charge is 2.52. The highest BCUT2D eigenvalue weighted by Crippen LogP contribution is 2.43. The molecule has 228 valence electrons. The van der Waals surface area contributed by atoms with Crippen molar-refractivity contribution in [2.45, 2.75) is 17.7 Å². The minimum Gasteiger partial charge on any atom is -0.744 e. The summed E-state index contributed by atoms with van der Waals surface area (Å²) in [6.07, 6.45) is 0. The fourth-order valence-corrected chi connectivity index (χ4v) is 6.95. The molecule has 4 aromatic carbocycles. The second kappa shape index (κ2) is 13.8. The van der Waals surface area contributed by atoms with Crippen molar-refractivity contribution in [2.75, 3.05) is 39.4 Å². The smallest absolute Gasteiger partial charge is 0.172 e. The first kappa shape index (κ1) is 31.5. The molecule has 2 unspecified atom stereocenters. The molecule has 2 atom stereocenters. The lowest BCUT2D eigenvalue weighted by atomic mass is 9.67. The first-order chi connectivity index (χ1) is 21.2. The summed E-state index contributed by atoms with van der Waals surface area (Å²) < 4.78 is 37.6. The Balaban J connectivity index is 0.000000296. The van der Waals surface area contributed by atoms with Crippen LogP contribution in [-0.4, -0.2) is 68.4 Å². The van der Waals surface area contributed by atoms with Gasteiger partial charge >= 0.3 is 0 Å². The number of hydrogen-bond donors (Lipinski definition) is 0. The Kier molecular flexibility index (Phi) is 9.86.